The number of fused-ring (bicyclic) bond motifs is 1. The minimum absolute atomic E-state index is 0.0140. The summed E-state index contributed by atoms with van der Waals surface area (Å²) in [6.07, 6.45) is 6.87. The van der Waals surface area contributed by atoms with Gasteiger partial charge >= 0.3 is 0 Å². The monoisotopic (exact) mass is 273 g/mol. The number of nitrogens with one attached hydrogen (secondary N) is 2. The van der Waals surface area contributed by atoms with Crippen molar-refractivity contribution in [1.29, 1.82) is 0 Å². The molecule has 106 valence electrons. The number of hydrogen-bond donors (Lipinski definition) is 3. The second kappa shape index (κ2) is 5.63. The summed E-state index contributed by atoms with van der Waals surface area (Å²) in [6.45, 7) is 0.123. The first kappa shape index (κ1) is 13.1. The minimum atomic E-state index is 0.0140. The molecule has 0 saturated heterocycles. The highest BCUT2D eigenvalue weighted by atomic mass is 16.3. The SMILES string of the molecule is O=C(Cc1c[nH]c2ncccc12)NC(CCO)C1CC1. The minimum Gasteiger partial charge on any atom is -0.396 e. The van der Waals surface area contributed by atoms with Gasteiger partial charge in [-0.25, -0.2) is 4.98 Å². The van der Waals surface area contributed by atoms with Crippen LogP contribution in [0.15, 0.2) is 24.5 Å². The van der Waals surface area contributed by atoms with Crippen molar-refractivity contribution >= 4 is 16.9 Å². The molecular formula is C15H19N3O2. The maximum absolute atomic E-state index is 12.1. The molecule has 0 spiro atoms. The molecule has 1 atom stereocenters. The molecule has 5 heteroatoms. The molecule has 0 bridgehead atoms. The highest BCUT2D eigenvalue weighted by Crippen LogP contribution is 2.34. The zero-order chi connectivity index (χ0) is 13.9. The van der Waals surface area contributed by atoms with Crippen LogP contribution >= 0.6 is 0 Å². The van der Waals surface area contributed by atoms with Crippen molar-refractivity contribution in [3.63, 3.8) is 0 Å². The number of aromatic amines is 1. The molecule has 1 fully saturated rings. The van der Waals surface area contributed by atoms with Gasteiger partial charge in [0.1, 0.15) is 5.65 Å². The molecule has 2 heterocycles. The number of rotatable bonds is 6. The molecule has 0 aliphatic heterocycles. The Hall–Kier alpha value is -1.88. The summed E-state index contributed by atoms with van der Waals surface area (Å²) in [5.74, 6) is 0.566. The quantitative estimate of drug-likeness (QED) is 0.744. The maximum atomic E-state index is 12.1. The van der Waals surface area contributed by atoms with Gasteiger partial charge in [-0.05, 0) is 42.9 Å². The van der Waals surface area contributed by atoms with Crippen LogP contribution in [0.4, 0.5) is 0 Å². The van der Waals surface area contributed by atoms with E-state index in [1.165, 1.54) is 0 Å². The number of pyridine rings is 1. The summed E-state index contributed by atoms with van der Waals surface area (Å²) in [5.41, 5.74) is 1.77. The van der Waals surface area contributed by atoms with Gasteiger partial charge in [0.2, 0.25) is 5.91 Å². The number of H-pyrrole nitrogens is 1. The van der Waals surface area contributed by atoms with Crippen molar-refractivity contribution in [2.24, 2.45) is 5.92 Å². The predicted octanol–water partition coefficient (Wildman–Crippen LogP) is 1.38. The van der Waals surface area contributed by atoms with Gasteiger partial charge in [-0.3, -0.25) is 4.79 Å². The summed E-state index contributed by atoms with van der Waals surface area (Å²) in [5, 5.41) is 13.1. The molecule has 1 saturated carbocycles. The average molecular weight is 273 g/mol. The number of aliphatic hydroxyl groups is 1. The van der Waals surface area contributed by atoms with Crippen LogP contribution in [-0.2, 0) is 11.2 Å². The average Bonchev–Trinajstić information content (AvgIpc) is 3.22. The van der Waals surface area contributed by atoms with Crippen molar-refractivity contribution in [1.82, 2.24) is 15.3 Å². The van der Waals surface area contributed by atoms with Gasteiger partial charge in [0.05, 0.1) is 6.42 Å². The Bertz CT molecular complexity index is 604. The van der Waals surface area contributed by atoms with Gasteiger partial charge < -0.3 is 15.4 Å². The van der Waals surface area contributed by atoms with Gasteiger partial charge in [0.25, 0.3) is 0 Å². The third-order valence-corrected chi connectivity index (χ3v) is 3.87. The fourth-order valence-electron chi connectivity index (χ4n) is 2.65. The molecule has 5 nitrogen and oxygen atoms in total. The standard InChI is InChI=1S/C15H19N3O2/c19-7-5-13(10-3-4-10)18-14(20)8-11-9-17-15-12(11)2-1-6-16-15/h1-2,6,9-10,13,19H,3-5,7-8H2,(H,16,17)(H,18,20). The van der Waals surface area contributed by atoms with Crippen LogP contribution < -0.4 is 5.32 Å². The van der Waals surface area contributed by atoms with Crippen molar-refractivity contribution < 1.29 is 9.90 Å². The number of carbonyl (C=O) groups excluding carboxylic acids is 1. The summed E-state index contributed by atoms with van der Waals surface area (Å²) in [6, 6.07) is 3.96. The normalized spacial score (nSPS) is 16.2. The Balaban J connectivity index is 1.66. The van der Waals surface area contributed by atoms with E-state index in [1.807, 2.05) is 18.3 Å². The van der Waals surface area contributed by atoms with Gasteiger partial charge in [0, 0.05) is 30.4 Å². The van der Waals surface area contributed by atoms with E-state index >= 15 is 0 Å². The highest BCUT2D eigenvalue weighted by Gasteiger charge is 2.31. The van der Waals surface area contributed by atoms with Gasteiger partial charge in [-0.2, -0.15) is 0 Å². The first-order valence-corrected chi connectivity index (χ1v) is 7.09. The lowest BCUT2D eigenvalue weighted by Gasteiger charge is -2.16. The van der Waals surface area contributed by atoms with E-state index in [2.05, 4.69) is 15.3 Å². The fraction of sp³-hybridized carbons (Fsp3) is 0.467. The molecule has 20 heavy (non-hydrogen) atoms. The molecule has 2 aromatic heterocycles. The van der Waals surface area contributed by atoms with Gasteiger partial charge in [-0.1, -0.05) is 0 Å². The van der Waals surface area contributed by atoms with E-state index < -0.39 is 0 Å². The zero-order valence-corrected chi connectivity index (χ0v) is 11.3. The summed E-state index contributed by atoms with van der Waals surface area (Å²) in [7, 11) is 0. The van der Waals surface area contributed by atoms with Crippen molar-refractivity contribution in [3.05, 3.63) is 30.1 Å². The highest BCUT2D eigenvalue weighted by molar-refractivity contribution is 5.87. The third kappa shape index (κ3) is 2.82. The number of amides is 1. The van der Waals surface area contributed by atoms with E-state index in [1.54, 1.807) is 6.20 Å². The molecule has 3 rings (SSSR count). The van der Waals surface area contributed by atoms with Crippen LogP contribution in [0, 0.1) is 5.92 Å². The maximum Gasteiger partial charge on any atom is 0.224 e. The van der Waals surface area contributed by atoms with Crippen LogP contribution in [0.1, 0.15) is 24.8 Å². The fourth-order valence-corrected chi connectivity index (χ4v) is 2.65. The first-order chi connectivity index (χ1) is 9.78. The summed E-state index contributed by atoms with van der Waals surface area (Å²) < 4.78 is 0. The van der Waals surface area contributed by atoms with Crippen LogP contribution in [-0.4, -0.2) is 33.6 Å². The number of carbonyl (C=O) groups is 1. The van der Waals surface area contributed by atoms with Gasteiger partial charge in [0.15, 0.2) is 0 Å². The molecule has 1 aliphatic rings. The van der Waals surface area contributed by atoms with Gasteiger partial charge in [-0.15, -0.1) is 0 Å². The molecule has 2 aromatic rings. The van der Waals surface area contributed by atoms with E-state index in [0.717, 1.165) is 29.4 Å². The van der Waals surface area contributed by atoms with Crippen LogP contribution in [0.2, 0.25) is 0 Å². The Morgan fingerprint density at radius 2 is 2.40 bits per heavy atom. The van der Waals surface area contributed by atoms with E-state index in [0.29, 0.717) is 18.8 Å². The predicted molar refractivity (Wildman–Crippen MR) is 76.2 cm³/mol. The summed E-state index contributed by atoms with van der Waals surface area (Å²) >= 11 is 0. The number of aliphatic hydroxyl groups excluding tert-OH is 1. The first-order valence-electron chi connectivity index (χ1n) is 7.09. The molecular weight excluding hydrogens is 254 g/mol. The second-order valence-electron chi connectivity index (χ2n) is 5.41. The molecule has 1 unspecified atom stereocenters. The Kier molecular flexibility index (Phi) is 3.69. The lowest BCUT2D eigenvalue weighted by molar-refractivity contribution is -0.121. The lowest BCUT2D eigenvalue weighted by Crippen LogP contribution is -2.38. The van der Waals surface area contributed by atoms with Crippen molar-refractivity contribution in [3.8, 4) is 0 Å². The molecule has 1 amide bonds. The Labute approximate surface area is 117 Å². The second-order valence-corrected chi connectivity index (χ2v) is 5.41. The van der Waals surface area contributed by atoms with E-state index in [9.17, 15) is 4.79 Å². The smallest absolute Gasteiger partial charge is 0.224 e. The molecule has 1 aliphatic carbocycles. The number of hydrogen-bond acceptors (Lipinski definition) is 3. The van der Waals surface area contributed by atoms with Crippen LogP contribution in [0.25, 0.3) is 11.0 Å². The number of aromatic nitrogens is 2. The summed E-state index contributed by atoms with van der Waals surface area (Å²) in [4.78, 5) is 19.4. The number of nitrogens with zero attached hydrogens (tertiary/aromatic N) is 1. The van der Waals surface area contributed by atoms with E-state index in [-0.39, 0.29) is 18.6 Å². The molecule has 0 aromatic carbocycles. The van der Waals surface area contributed by atoms with Crippen LogP contribution in [0.3, 0.4) is 0 Å². The molecule has 3 N–H and O–H groups in total. The lowest BCUT2D eigenvalue weighted by atomic mass is 10.1. The van der Waals surface area contributed by atoms with Crippen LogP contribution in [0.5, 0.6) is 0 Å². The zero-order valence-electron chi connectivity index (χ0n) is 11.3. The largest absolute Gasteiger partial charge is 0.396 e. The topological polar surface area (TPSA) is 78.0 Å². The molecule has 0 radical (unpaired) electrons. The van der Waals surface area contributed by atoms with Crippen molar-refractivity contribution in [2.45, 2.75) is 31.7 Å². The van der Waals surface area contributed by atoms with E-state index in [4.69, 9.17) is 5.11 Å². The third-order valence-electron chi connectivity index (χ3n) is 3.87. The Morgan fingerprint density at radius 3 is 3.15 bits per heavy atom. The Morgan fingerprint density at radius 1 is 1.55 bits per heavy atom. The van der Waals surface area contributed by atoms with Crippen molar-refractivity contribution in [2.75, 3.05) is 6.61 Å².